The van der Waals surface area contributed by atoms with Gasteiger partial charge in [0.25, 0.3) is 0 Å². The highest BCUT2D eigenvalue weighted by molar-refractivity contribution is 6.31. The molecule has 0 spiro atoms. The maximum Gasteiger partial charge on any atom is 0.0731 e. The van der Waals surface area contributed by atoms with E-state index in [0.29, 0.717) is 17.3 Å². The van der Waals surface area contributed by atoms with E-state index >= 15 is 0 Å². The van der Waals surface area contributed by atoms with E-state index in [9.17, 15) is 0 Å². The Morgan fingerprint density at radius 2 is 1.94 bits per heavy atom. The predicted octanol–water partition coefficient (Wildman–Crippen LogP) is 4.41. The maximum atomic E-state index is 6.05. The van der Waals surface area contributed by atoms with Gasteiger partial charge in [0.2, 0.25) is 0 Å². The molecule has 0 aliphatic heterocycles. The van der Waals surface area contributed by atoms with Crippen LogP contribution in [0.5, 0.6) is 0 Å². The summed E-state index contributed by atoms with van der Waals surface area (Å²) in [6.07, 6.45) is 6.30. The summed E-state index contributed by atoms with van der Waals surface area (Å²) in [4.78, 5) is 0. The van der Waals surface area contributed by atoms with Crippen LogP contribution in [0.25, 0.3) is 0 Å². The normalized spacial score (nSPS) is 10.7. The van der Waals surface area contributed by atoms with Gasteiger partial charge < -0.3 is 10.5 Å². The second-order valence-corrected chi connectivity index (χ2v) is 4.72. The average molecular weight is 256 g/mol. The molecule has 0 radical (unpaired) electrons. The van der Waals surface area contributed by atoms with Gasteiger partial charge in [0.1, 0.15) is 0 Å². The van der Waals surface area contributed by atoms with Crippen molar-refractivity contribution in [2.75, 3.05) is 12.3 Å². The molecule has 0 saturated heterocycles. The maximum absolute atomic E-state index is 6.05. The van der Waals surface area contributed by atoms with Gasteiger partial charge in [-0.25, -0.2) is 0 Å². The molecule has 0 amide bonds. The fourth-order valence-corrected chi connectivity index (χ4v) is 1.91. The van der Waals surface area contributed by atoms with Crippen LogP contribution in [-0.4, -0.2) is 6.61 Å². The summed E-state index contributed by atoms with van der Waals surface area (Å²) in [5.41, 5.74) is 7.33. The topological polar surface area (TPSA) is 35.2 Å². The zero-order valence-electron chi connectivity index (χ0n) is 10.5. The van der Waals surface area contributed by atoms with E-state index in [1.165, 1.54) is 25.7 Å². The van der Waals surface area contributed by atoms with Crippen molar-refractivity contribution in [1.29, 1.82) is 0 Å². The lowest BCUT2D eigenvalue weighted by atomic mass is 10.2. The van der Waals surface area contributed by atoms with Gasteiger partial charge in [-0.3, -0.25) is 0 Å². The van der Waals surface area contributed by atoms with Crippen LogP contribution in [0.3, 0.4) is 0 Å². The van der Waals surface area contributed by atoms with Crippen LogP contribution in [-0.2, 0) is 11.3 Å². The van der Waals surface area contributed by atoms with Gasteiger partial charge in [-0.05, 0) is 24.1 Å². The van der Waals surface area contributed by atoms with Gasteiger partial charge in [0, 0.05) is 17.3 Å². The first-order valence-corrected chi connectivity index (χ1v) is 6.73. The summed E-state index contributed by atoms with van der Waals surface area (Å²) in [5, 5.41) is 0.691. The second kappa shape index (κ2) is 8.37. The molecule has 17 heavy (non-hydrogen) atoms. The van der Waals surface area contributed by atoms with E-state index in [-0.39, 0.29) is 0 Å². The molecule has 0 unspecified atom stereocenters. The average Bonchev–Trinajstić information content (AvgIpc) is 2.30. The highest BCUT2D eigenvalue weighted by Gasteiger charge is 2.00. The second-order valence-electron chi connectivity index (χ2n) is 4.32. The van der Waals surface area contributed by atoms with Gasteiger partial charge in [-0.15, -0.1) is 0 Å². The summed E-state index contributed by atoms with van der Waals surface area (Å²) < 4.78 is 5.60. The Bertz CT molecular complexity index is 328. The van der Waals surface area contributed by atoms with Crippen LogP contribution < -0.4 is 5.73 Å². The van der Waals surface area contributed by atoms with E-state index in [4.69, 9.17) is 22.1 Å². The molecule has 1 aromatic rings. The monoisotopic (exact) mass is 255 g/mol. The highest BCUT2D eigenvalue weighted by atomic mass is 35.5. The molecular formula is C14H22ClNO. The smallest absolute Gasteiger partial charge is 0.0731 e. The quantitative estimate of drug-likeness (QED) is 0.552. The number of nitrogen functional groups attached to an aromatic ring is 1. The Hall–Kier alpha value is -0.730. The number of nitrogens with two attached hydrogens (primary N) is 1. The van der Waals surface area contributed by atoms with Crippen molar-refractivity contribution in [2.45, 2.75) is 45.6 Å². The van der Waals surface area contributed by atoms with E-state index in [1.807, 2.05) is 12.1 Å². The fourth-order valence-electron chi connectivity index (χ4n) is 1.67. The van der Waals surface area contributed by atoms with Crippen LogP contribution >= 0.6 is 11.6 Å². The van der Waals surface area contributed by atoms with E-state index in [1.54, 1.807) is 6.07 Å². The third kappa shape index (κ3) is 5.94. The van der Waals surface area contributed by atoms with Crippen LogP contribution in [0.1, 0.15) is 44.6 Å². The van der Waals surface area contributed by atoms with Gasteiger partial charge in [-0.2, -0.15) is 0 Å². The first-order valence-electron chi connectivity index (χ1n) is 6.35. The SMILES string of the molecule is CCCCCCCOCc1ccc(N)cc1Cl. The number of hydrogen-bond acceptors (Lipinski definition) is 2. The van der Waals surface area contributed by atoms with Crippen LogP contribution in [0.15, 0.2) is 18.2 Å². The van der Waals surface area contributed by atoms with Crippen molar-refractivity contribution in [2.24, 2.45) is 0 Å². The molecule has 0 bridgehead atoms. The third-order valence-electron chi connectivity index (χ3n) is 2.73. The van der Waals surface area contributed by atoms with E-state index in [2.05, 4.69) is 6.92 Å². The minimum atomic E-state index is 0.576. The number of rotatable bonds is 8. The first-order chi connectivity index (χ1) is 8.24. The molecule has 0 heterocycles. The lowest BCUT2D eigenvalue weighted by molar-refractivity contribution is 0.117. The third-order valence-corrected chi connectivity index (χ3v) is 3.08. The zero-order chi connectivity index (χ0) is 12.5. The Morgan fingerprint density at radius 3 is 2.65 bits per heavy atom. The van der Waals surface area contributed by atoms with Gasteiger partial charge in [0.15, 0.2) is 0 Å². The highest BCUT2D eigenvalue weighted by Crippen LogP contribution is 2.19. The Morgan fingerprint density at radius 1 is 1.18 bits per heavy atom. The lowest BCUT2D eigenvalue weighted by Crippen LogP contribution is -1.97. The standard InChI is InChI=1S/C14H22ClNO/c1-2-3-4-5-6-9-17-11-12-7-8-13(16)10-14(12)15/h7-8,10H,2-6,9,11,16H2,1H3. The van der Waals surface area contributed by atoms with Crippen LogP contribution in [0, 0.1) is 0 Å². The predicted molar refractivity (Wildman–Crippen MR) is 74.3 cm³/mol. The van der Waals surface area contributed by atoms with Crippen molar-refractivity contribution >= 4 is 17.3 Å². The summed E-state index contributed by atoms with van der Waals surface area (Å²) >= 11 is 6.05. The fraction of sp³-hybridized carbons (Fsp3) is 0.571. The molecule has 1 rings (SSSR count). The summed E-state index contributed by atoms with van der Waals surface area (Å²) in [7, 11) is 0. The van der Waals surface area contributed by atoms with E-state index in [0.717, 1.165) is 18.6 Å². The van der Waals surface area contributed by atoms with Crippen molar-refractivity contribution in [3.05, 3.63) is 28.8 Å². The molecule has 0 aromatic heterocycles. The Kier molecular flexibility index (Phi) is 7.06. The van der Waals surface area contributed by atoms with Crippen molar-refractivity contribution in [3.63, 3.8) is 0 Å². The van der Waals surface area contributed by atoms with Gasteiger partial charge >= 0.3 is 0 Å². The van der Waals surface area contributed by atoms with Crippen molar-refractivity contribution < 1.29 is 4.74 Å². The van der Waals surface area contributed by atoms with Crippen molar-refractivity contribution in [1.82, 2.24) is 0 Å². The number of halogens is 1. The lowest BCUT2D eigenvalue weighted by Gasteiger charge is -2.06. The van der Waals surface area contributed by atoms with E-state index < -0.39 is 0 Å². The molecule has 3 heteroatoms. The zero-order valence-corrected chi connectivity index (χ0v) is 11.3. The molecule has 0 aliphatic rings. The number of anilines is 1. The van der Waals surface area contributed by atoms with Gasteiger partial charge in [-0.1, -0.05) is 50.3 Å². The summed E-state index contributed by atoms with van der Waals surface area (Å²) in [6, 6.07) is 5.54. The van der Waals surface area contributed by atoms with Gasteiger partial charge in [0.05, 0.1) is 6.61 Å². The summed E-state index contributed by atoms with van der Waals surface area (Å²) in [5.74, 6) is 0. The summed E-state index contributed by atoms with van der Waals surface area (Å²) in [6.45, 7) is 3.61. The molecule has 0 atom stereocenters. The largest absolute Gasteiger partial charge is 0.399 e. The number of hydrogen-bond donors (Lipinski definition) is 1. The first kappa shape index (κ1) is 14.3. The number of benzene rings is 1. The molecular weight excluding hydrogens is 234 g/mol. The minimum Gasteiger partial charge on any atom is -0.399 e. The van der Waals surface area contributed by atoms with Crippen LogP contribution in [0.4, 0.5) is 5.69 Å². The Balaban J connectivity index is 2.14. The van der Waals surface area contributed by atoms with Crippen LogP contribution in [0.2, 0.25) is 5.02 Å². The number of unbranched alkanes of at least 4 members (excludes halogenated alkanes) is 4. The number of ether oxygens (including phenoxy) is 1. The Labute approximate surface area is 109 Å². The molecule has 0 saturated carbocycles. The molecule has 2 nitrogen and oxygen atoms in total. The van der Waals surface area contributed by atoms with Crippen molar-refractivity contribution in [3.8, 4) is 0 Å². The molecule has 2 N–H and O–H groups in total. The molecule has 96 valence electrons. The molecule has 1 aromatic carbocycles. The molecule has 0 fully saturated rings. The molecule has 0 aliphatic carbocycles. The minimum absolute atomic E-state index is 0.576.